The number of nitrogens with zero attached hydrogens (tertiary/aromatic N) is 1. The Bertz CT molecular complexity index is 762. The summed E-state index contributed by atoms with van der Waals surface area (Å²) in [6, 6.07) is 13.8. The standard InChI is InChI=1S/C20H24FN3O2/c1-15-7-9-16(10-8-15)12-24(3)20(26)14-23(2)13-19(25)22-18-6-4-5-17(21)11-18/h4-11H,12-14H2,1-3H3,(H,22,25)/p+1. The number of anilines is 1. The van der Waals surface area contributed by atoms with E-state index >= 15 is 0 Å². The Hall–Kier alpha value is -2.73. The van der Waals surface area contributed by atoms with Gasteiger partial charge in [-0.1, -0.05) is 35.9 Å². The molecule has 0 saturated carbocycles. The molecule has 0 bridgehead atoms. The lowest BCUT2D eigenvalue weighted by Gasteiger charge is -2.20. The van der Waals surface area contributed by atoms with Crippen LogP contribution < -0.4 is 10.2 Å². The third kappa shape index (κ3) is 6.29. The van der Waals surface area contributed by atoms with Crippen molar-refractivity contribution in [1.29, 1.82) is 0 Å². The maximum Gasteiger partial charge on any atom is 0.279 e. The number of aryl methyl sites for hydroxylation is 1. The lowest BCUT2D eigenvalue weighted by Crippen LogP contribution is -3.11. The van der Waals surface area contributed by atoms with Crippen molar-refractivity contribution in [2.45, 2.75) is 13.5 Å². The minimum absolute atomic E-state index is 0.0402. The number of hydrogen-bond donors (Lipinski definition) is 2. The van der Waals surface area contributed by atoms with Crippen molar-refractivity contribution in [2.75, 3.05) is 32.5 Å². The molecule has 1 unspecified atom stereocenters. The largest absolute Gasteiger partial charge is 0.337 e. The van der Waals surface area contributed by atoms with Gasteiger partial charge in [0.15, 0.2) is 13.1 Å². The number of carbonyl (C=O) groups excluding carboxylic acids is 2. The van der Waals surface area contributed by atoms with Crippen molar-refractivity contribution < 1.29 is 18.9 Å². The van der Waals surface area contributed by atoms with Crippen molar-refractivity contribution in [2.24, 2.45) is 0 Å². The molecule has 0 aromatic heterocycles. The summed E-state index contributed by atoms with van der Waals surface area (Å²) >= 11 is 0. The van der Waals surface area contributed by atoms with Gasteiger partial charge < -0.3 is 15.1 Å². The molecule has 1 atom stereocenters. The second kappa shape index (κ2) is 9.10. The van der Waals surface area contributed by atoms with Gasteiger partial charge in [0.1, 0.15) is 5.82 Å². The molecule has 0 aliphatic heterocycles. The molecule has 26 heavy (non-hydrogen) atoms. The number of nitrogens with one attached hydrogen (secondary N) is 2. The average Bonchev–Trinajstić information content (AvgIpc) is 2.56. The quantitative estimate of drug-likeness (QED) is 0.783. The Morgan fingerprint density at radius 2 is 1.81 bits per heavy atom. The summed E-state index contributed by atoms with van der Waals surface area (Å²) in [5.41, 5.74) is 2.65. The van der Waals surface area contributed by atoms with Crippen LogP contribution in [0.2, 0.25) is 0 Å². The van der Waals surface area contributed by atoms with Crippen LogP contribution in [0.1, 0.15) is 11.1 Å². The molecule has 2 aromatic rings. The van der Waals surface area contributed by atoms with Crippen LogP contribution in [0.4, 0.5) is 10.1 Å². The molecule has 0 radical (unpaired) electrons. The molecule has 0 aliphatic rings. The van der Waals surface area contributed by atoms with Crippen LogP contribution >= 0.6 is 0 Å². The molecule has 2 amide bonds. The molecule has 0 aliphatic carbocycles. The lowest BCUT2D eigenvalue weighted by atomic mass is 10.1. The van der Waals surface area contributed by atoms with Crippen molar-refractivity contribution in [3.05, 3.63) is 65.5 Å². The predicted molar refractivity (Wildman–Crippen MR) is 99.3 cm³/mol. The van der Waals surface area contributed by atoms with Crippen molar-refractivity contribution in [3.8, 4) is 0 Å². The van der Waals surface area contributed by atoms with Gasteiger partial charge in [0, 0.05) is 19.3 Å². The van der Waals surface area contributed by atoms with Gasteiger partial charge in [0.2, 0.25) is 0 Å². The Labute approximate surface area is 153 Å². The van der Waals surface area contributed by atoms with E-state index in [1.807, 2.05) is 31.2 Å². The Morgan fingerprint density at radius 3 is 2.46 bits per heavy atom. The number of likely N-dealkylation sites (N-methyl/N-ethyl adjacent to an activating group) is 2. The summed E-state index contributed by atoms with van der Waals surface area (Å²) in [6.45, 7) is 2.88. The third-order valence-electron chi connectivity index (χ3n) is 3.99. The van der Waals surface area contributed by atoms with E-state index in [2.05, 4.69) is 5.32 Å². The Balaban J connectivity index is 1.80. The number of amides is 2. The first-order valence-corrected chi connectivity index (χ1v) is 8.49. The lowest BCUT2D eigenvalue weighted by molar-refractivity contribution is -0.862. The average molecular weight is 358 g/mol. The van der Waals surface area contributed by atoms with E-state index in [9.17, 15) is 14.0 Å². The molecule has 0 spiro atoms. The van der Waals surface area contributed by atoms with E-state index in [1.54, 1.807) is 25.1 Å². The molecule has 0 saturated heterocycles. The molecular formula is C20H25FN3O2+. The van der Waals surface area contributed by atoms with E-state index in [0.29, 0.717) is 12.2 Å². The van der Waals surface area contributed by atoms with Gasteiger partial charge >= 0.3 is 0 Å². The summed E-state index contributed by atoms with van der Waals surface area (Å²) in [5.74, 6) is -0.708. The Morgan fingerprint density at radius 1 is 1.12 bits per heavy atom. The topological polar surface area (TPSA) is 53.9 Å². The summed E-state index contributed by atoms with van der Waals surface area (Å²) in [6.07, 6.45) is 0. The zero-order valence-corrected chi connectivity index (χ0v) is 15.4. The molecule has 2 N–H and O–H groups in total. The van der Waals surface area contributed by atoms with E-state index in [-0.39, 0.29) is 24.9 Å². The van der Waals surface area contributed by atoms with E-state index in [1.165, 1.54) is 23.8 Å². The number of quaternary nitrogens is 1. The zero-order valence-electron chi connectivity index (χ0n) is 15.4. The maximum absolute atomic E-state index is 13.1. The number of halogens is 1. The summed E-state index contributed by atoms with van der Waals surface area (Å²) in [5, 5.41) is 2.64. The van der Waals surface area contributed by atoms with E-state index < -0.39 is 5.82 Å². The van der Waals surface area contributed by atoms with Crippen molar-refractivity contribution in [3.63, 3.8) is 0 Å². The highest BCUT2D eigenvalue weighted by molar-refractivity contribution is 5.91. The zero-order chi connectivity index (χ0) is 19.1. The molecular weight excluding hydrogens is 333 g/mol. The normalized spacial score (nSPS) is 11.7. The van der Waals surface area contributed by atoms with Gasteiger partial charge in [-0.2, -0.15) is 0 Å². The third-order valence-corrected chi connectivity index (χ3v) is 3.99. The fourth-order valence-corrected chi connectivity index (χ4v) is 2.56. The van der Waals surface area contributed by atoms with Gasteiger partial charge in [0.25, 0.3) is 11.8 Å². The van der Waals surface area contributed by atoms with Crippen LogP contribution in [0.15, 0.2) is 48.5 Å². The molecule has 0 fully saturated rings. The van der Waals surface area contributed by atoms with Crippen molar-refractivity contribution >= 4 is 17.5 Å². The van der Waals surface area contributed by atoms with Crippen LogP contribution in [0, 0.1) is 12.7 Å². The van der Waals surface area contributed by atoms with Crippen LogP contribution in [0.25, 0.3) is 0 Å². The first-order chi connectivity index (χ1) is 12.3. The highest BCUT2D eigenvalue weighted by atomic mass is 19.1. The SMILES string of the molecule is Cc1ccc(CN(C)C(=O)C[NH+](C)CC(=O)Nc2cccc(F)c2)cc1. The monoisotopic (exact) mass is 358 g/mol. The van der Waals surface area contributed by atoms with Crippen molar-refractivity contribution in [1.82, 2.24) is 4.90 Å². The highest BCUT2D eigenvalue weighted by Gasteiger charge is 2.17. The molecule has 2 aromatic carbocycles. The van der Waals surface area contributed by atoms with Gasteiger partial charge in [0.05, 0.1) is 7.05 Å². The van der Waals surface area contributed by atoms with Gasteiger partial charge in [-0.3, -0.25) is 9.59 Å². The number of hydrogen-bond acceptors (Lipinski definition) is 2. The summed E-state index contributed by atoms with van der Waals surface area (Å²) < 4.78 is 13.1. The van der Waals surface area contributed by atoms with E-state index in [4.69, 9.17) is 0 Å². The summed E-state index contributed by atoms with van der Waals surface area (Å²) in [4.78, 5) is 26.8. The minimum atomic E-state index is -0.406. The van der Waals surface area contributed by atoms with E-state index in [0.717, 1.165) is 10.5 Å². The smallest absolute Gasteiger partial charge is 0.279 e. The second-order valence-corrected chi connectivity index (χ2v) is 6.60. The van der Waals surface area contributed by atoms with Gasteiger partial charge in [-0.25, -0.2) is 4.39 Å². The molecule has 138 valence electrons. The number of rotatable bonds is 7. The minimum Gasteiger partial charge on any atom is -0.337 e. The second-order valence-electron chi connectivity index (χ2n) is 6.60. The maximum atomic E-state index is 13.1. The first kappa shape index (κ1) is 19.6. The van der Waals surface area contributed by atoms with Crippen LogP contribution in [-0.2, 0) is 16.1 Å². The Kier molecular flexibility index (Phi) is 6.86. The predicted octanol–water partition coefficient (Wildman–Crippen LogP) is 1.25. The fourth-order valence-electron chi connectivity index (χ4n) is 2.56. The van der Waals surface area contributed by atoms with Crippen LogP contribution in [-0.4, -0.2) is 43.9 Å². The van der Waals surface area contributed by atoms with Crippen LogP contribution in [0.3, 0.4) is 0 Å². The molecule has 0 heterocycles. The number of carbonyl (C=O) groups is 2. The highest BCUT2D eigenvalue weighted by Crippen LogP contribution is 2.08. The van der Waals surface area contributed by atoms with Gasteiger partial charge in [-0.05, 0) is 30.7 Å². The molecule has 6 heteroatoms. The molecule has 5 nitrogen and oxygen atoms in total. The fraction of sp³-hybridized carbons (Fsp3) is 0.300. The molecule has 2 rings (SSSR count). The van der Waals surface area contributed by atoms with Gasteiger partial charge in [-0.15, -0.1) is 0 Å². The summed E-state index contributed by atoms with van der Waals surface area (Å²) in [7, 11) is 3.53. The number of benzene rings is 2. The first-order valence-electron chi connectivity index (χ1n) is 8.49. The van der Waals surface area contributed by atoms with Crippen LogP contribution in [0.5, 0.6) is 0 Å².